The predicted octanol–water partition coefficient (Wildman–Crippen LogP) is 1.82. The van der Waals surface area contributed by atoms with Crippen LogP contribution in [-0.4, -0.2) is 38.4 Å². The first-order chi connectivity index (χ1) is 9.59. The highest BCUT2D eigenvalue weighted by Gasteiger charge is 2.22. The maximum Gasteiger partial charge on any atom is 0.321 e. The summed E-state index contributed by atoms with van der Waals surface area (Å²) in [6.07, 6.45) is 0. The molecule has 0 aliphatic carbocycles. The molecule has 1 aromatic heterocycles. The number of H-pyrrole nitrogens is 1. The summed E-state index contributed by atoms with van der Waals surface area (Å²) in [5, 5.41) is 11.9. The van der Waals surface area contributed by atoms with Gasteiger partial charge in [0.2, 0.25) is 11.1 Å². The Balaban J connectivity index is 2.56. The number of imide groups is 1. The van der Waals surface area contributed by atoms with Gasteiger partial charge in [-0.2, -0.15) is 0 Å². The summed E-state index contributed by atoms with van der Waals surface area (Å²) in [7, 11) is 0. The van der Waals surface area contributed by atoms with Gasteiger partial charge in [-0.15, -0.1) is 5.10 Å². The van der Waals surface area contributed by atoms with Crippen molar-refractivity contribution in [2.75, 3.05) is 0 Å². The van der Waals surface area contributed by atoms with E-state index in [0.717, 1.165) is 5.82 Å². The number of nitrogens with one attached hydrogen (secondary N) is 3. The SMILES string of the molecule is CC(C)NC(=O)NC(=O)C(C)Sc1n[nH]c(C(C)(C)C)n1. The Bertz CT molecular complexity index is 507. The number of urea groups is 1. The standard InChI is InChI=1S/C13H23N5O2S/c1-7(2)14-11(20)15-9(19)8(3)21-12-16-10(17-18-12)13(4,5)6/h7-8H,1-6H3,(H,16,17,18)(H2,14,15,19,20). The topological polar surface area (TPSA) is 99.8 Å². The average Bonchev–Trinajstić information content (AvgIpc) is 2.75. The molecule has 1 aromatic rings. The lowest BCUT2D eigenvalue weighted by molar-refractivity contribution is -0.119. The van der Waals surface area contributed by atoms with Gasteiger partial charge in [-0.3, -0.25) is 15.2 Å². The van der Waals surface area contributed by atoms with Crippen LogP contribution in [-0.2, 0) is 10.2 Å². The minimum atomic E-state index is -0.493. The van der Waals surface area contributed by atoms with Gasteiger partial charge in [0.05, 0.1) is 5.25 Å². The van der Waals surface area contributed by atoms with Crippen LogP contribution < -0.4 is 10.6 Å². The number of aromatic nitrogens is 3. The molecule has 1 atom stereocenters. The maximum absolute atomic E-state index is 11.9. The quantitative estimate of drug-likeness (QED) is 0.736. The van der Waals surface area contributed by atoms with Crippen LogP contribution in [0.3, 0.4) is 0 Å². The monoisotopic (exact) mass is 313 g/mol. The van der Waals surface area contributed by atoms with E-state index in [1.165, 1.54) is 11.8 Å². The van der Waals surface area contributed by atoms with Gasteiger partial charge >= 0.3 is 6.03 Å². The van der Waals surface area contributed by atoms with E-state index in [-0.39, 0.29) is 17.4 Å². The fraction of sp³-hybridized carbons (Fsp3) is 0.692. The molecule has 0 bridgehead atoms. The van der Waals surface area contributed by atoms with E-state index in [1.54, 1.807) is 6.92 Å². The number of thioether (sulfide) groups is 1. The van der Waals surface area contributed by atoms with Crippen molar-refractivity contribution >= 4 is 23.7 Å². The number of nitrogens with zero attached hydrogens (tertiary/aromatic N) is 2. The predicted molar refractivity (Wildman–Crippen MR) is 82.2 cm³/mol. The Labute approximate surface area is 129 Å². The number of amides is 3. The number of hydrogen-bond acceptors (Lipinski definition) is 5. The molecular formula is C13H23N5O2S. The molecule has 7 nitrogen and oxygen atoms in total. The van der Waals surface area contributed by atoms with E-state index < -0.39 is 11.3 Å². The normalized spacial score (nSPS) is 13.1. The molecule has 1 rings (SSSR count). The fourth-order valence-electron chi connectivity index (χ4n) is 1.36. The van der Waals surface area contributed by atoms with Crippen molar-refractivity contribution in [3.05, 3.63) is 5.82 Å². The van der Waals surface area contributed by atoms with Gasteiger partial charge in [-0.1, -0.05) is 32.5 Å². The van der Waals surface area contributed by atoms with Crippen LogP contribution in [0.4, 0.5) is 4.79 Å². The minimum Gasteiger partial charge on any atom is -0.336 e. The molecule has 0 radical (unpaired) electrons. The van der Waals surface area contributed by atoms with E-state index in [2.05, 4.69) is 25.8 Å². The first-order valence-electron chi connectivity index (χ1n) is 6.80. The van der Waals surface area contributed by atoms with Crippen molar-refractivity contribution in [1.82, 2.24) is 25.8 Å². The average molecular weight is 313 g/mol. The van der Waals surface area contributed by atoms with Crippen LogP contribution in [0.25, 0.3) is 0 Å². The molecule has 1 heterocycles. The van der Waals surface area contributed by atoms with Crippen molar-refractivity contribution in [2.45, 2.75) is 63.4 Å². The number of carbonyl (C=O) groups excluding carboxylic acids is 2. The van der Waals surface area contributed by atoms with Crippen molar-refractivity contribution < 1.29 is 9.59 Å². The van der Waals surface area contributed by atoms with Crippen LogP contribution in [0.1, 0.15) is 47.4 Å². The lowest BCUT2D eigenvalue weighted by atomic mass is 9.96. The second-order valence-corrected chi connectivity index (χ2v) is 7.40. The molecule has 8 heteroatoms. The Morgan fingerprint density at radius 2 is 1.86 bits per heavy atom. The Morgan fingerprint density at radius 1 is 1.24 bits per heavy atom. The molecule has 0 aliphatic heterocycles. The van der Waals surface area contributed by atoms with Crippen LogP contribution in [0.15, 0.2) is 5.16 Å². The molecule has 0 saturated heterocycles. The molecule has 118 valence electrons. The smallest absolute Gasteiger partial charge is 0.321 e. The highest BCUT2D eigenvalue weighted by atomic mass is 32.2. The molecule has 0 aromatic carbocycles. The second-order valence-electron chi connectivity index (χ2n) is 6.09. The van der Waals surface area contributed by atoms with Gasteiger partial charge in [0, 0.05) is 11.5 Å². The summed E-state index contributed by atoms with van der Waals surface area (Å²) in [4.78, 5) is 27.7. The fourth-order valence-corrected chi connectivity index (χ4v) is 2.08. The highest BCUT2D eigenvalue weighted by molar-refractivity contribution is 8.00. The Hall–Kier alpha value is -1.57. The molecule has 0 saturated carbocycles. The number of hydrogen-bond donors (Lipinski definition) is 3. The van der Waals surface area contributed by atoms with Gasteiger partial charge in [0.1, 0.15) is 5.82 Å². The lowest BCUT2D eigenvalue weighted by Gasteiger charge is -2.13. The maximum atomic E-state index is 11.9. The molecule has 0 fully saturated rings. The van der Waals surface area contributed by atoms with Gasteiger partial charge in [0.15, 0.2) is 0 Å². The Morgan fingerprint density at radius 3 is 2.33 bits per heavy atom. The lowest BCUT2D eigenvalue weighted by Crippen LogP contribution is -2.45. The highest BCUT2D eigenvalue weighted by Crippen LogP contribution is 2.23. The first kappa shape index (κ1) is 17.5. The number of carbonyl (C=O) groups is 2. The summed E-state index contributed by atoms with van der Waals surface area (Å²) in [5.41, 5.74) is -0.130. The minimum absolute atomic E-state index is 0.0249. The number of aromatic amines is 1. The molecule has 3 N–H and O–H groups in total. The molecule has 0 aliphatic rings. The molecule has 21 heavy (non-hydrogen) atoms. The zero-order valence-electron chi connectivity index (χ0n) is 13.3. The summed E-state index contributed by atoms with van der Waals surface area (Å²) in [6, 6.07) is -0.518. The summed E-state index contributed by atoms with van der Waals surface area (Å²) in [6.45, 7) is 11.4. The summed E-state index contributed by atoms with van der Waals surface area (Å²) < 4.78 is 0. The van der Waals surface area contributed by atoms with E-state index in [0.29, 0.717) is 5.16 Å². The summed E-state index contributed by atoms with van der Waals surface area (Å²) >= 11 is 1.20. The zero-order chi connectivity index (χ0) is 16.2. The molecule has 0 spiro atoms. The third-order valence-corrected chi connectivity index (χ3v) is 3.44. The van der Waals surface area contributed by atoms with Crippen LogP contribution in [0, 0.1) is 0 Å². The van der Waals surface area contributed by atoms with Gasteiger partial charge in [-0.25, -0.2) is 9.78 Å². The van der Waals surface area contributed by atoms with Crippen LogP contribution in [0.5, 0.6) is 0 Å². The Kier molecular flexibility index (Phi) is 5.77. The summed E-state index contributed by atoms with van der Waals surface area (Å²) in [5.74, 6) is 0.385. The third kappa shape index (κ3) is 5.74. The van der Waals surface area contributed by atoms with Crippen molar-refractivity contribution in [1.29, 1.82) is 0 Å². The van der Waals surface area contributed by atoms with Gasteiger partial charge < -0.3 is 5.32 Å². The van der Waals surface area contributed by atoms with Gasteiger partial charge in [0.25, 0.3) is 0 Å². The van der Waals surface area contributed by atoms with E-state index in [1.807, 2.05) is 34.6 Å². The van der Waals surface area contributed by atoms with Crippen LogP contribution in [0.2, 0.25) is 0 Å². The first-order valence-corrected chi connectivity index (χ1v) is 7.68. The van der Waals surface area contributed by atoms with Crippen LogP contribution >= 0.6 is 11.8 Å². The molecule has 3 amide bonds. The van der Waals surface area contributed by atoms with E-state index in [4.69, 9.17) is 0 Å². The largest absolute Gasteiger partial charge is 0.336 e. The van der Waals surface area contributed by atoms with Gasteiger partial charge in [-0.05, 0) is 20.8 Å². The third-order valence-electron chi connectivity index (χ3n) is 2.48. The van der Waals surface area contributed by atoms with E-state index in [9.17, 15) is 9.59 Å². The molecular weight excluding hydrogens is 290 g/mol. The van der Waals surface area contributed by atoms with Crippen molar-refractivity contribution in [3.63, 3.8) is 0 Å². The molecule has 1 unspecified atom stereocenters. The number of rotatable bonds is 4. The van der Waals surface area contributed by atoms with Crippen molar-refractivity contribution in [2.24, 2.45) is 0 Å². The van der Waals surface area contributed by atoms with Crippen molar-refractivity contribution in [3.8, 4) is 0 Å². The zero-order valence-corrected chi connectivity index (χ0v) is 14.1. The van der Waals surface area contributed by atoms with E-state index >= 15 is 0 Å². The second kappa shape index (κ2) is 6.93.